The molecule has 0 spiro atoms. The summed E-state index contributed by atoms with van der Waals surface area (Å²) in [7, 11) is 1.44. The maximum absolute atomic E-state index is 2.70. The number of rotatable bonds is 6. The van der Waals surface area contributed by atoms with Crippen molar-refractivity contribution >= 4 is 31.3 Å². The van der Waals surface area contributed by atoms with Crippen LogP contribution in [0.3, 0.4) is 0 Å². The quantitative estimate of drug-likeness (QED) is 0.429. The van der Waals surface area contributed by atoms with Gasteiger partial charge in [-0.15, -0.1) is 0 Å². The first-order valence-corrected chi connectivity index (χ1v) is 20.3. The minimum atomic E-state index is -1.27. The van der Waals surface area contributed by atoms with Crippen molar-refractivity contribution in [3.63, 3.8) is 0 Å². The molecular weight excluding hydrogens is 333 g/mol. The van der Waals surface area contributed by atoms with Gasteiger partial charge in [-0.1, -0.05) is 94.2 Å². The van der Waals surface area contributed by atoms with Crippen LogP contribution >= 0.6 is 10.7 Å². The van der Waals surface area contributed by atoms with Gasteiger partial charge in [0.15, 0.2) is 0 Å². The summed E-state index contributed by atoms with van der Waals surface area (Å²) in [5.74, 6) is 0. The average Bonchev–Trinajstić information content (AvgIpc) is 2.24. The van der Waals surface area contributed by atoms with E-state index in [0.29, 0.717) is 0 Å². The molecule has 0 atom stereocenters. The molecule has 0 aliphatic carbocycles. The van der Waals surface area contributed by atoms with Crippen LogP contribution in [-0.2, 0) is 0 Å². The zero-order valence-electron chi connectivity index (χ0n) is 17.4. The van der Waals surface area contributed by atoms with E-state index in [9.17, 15) is 0 Å². The molecule has 1 aliphatic rings. The van der Waals surface area contributed by atoms with Crippen LogP contribution < -0.4 is 0 Å². The van der Waals surface area contributed by atoms with Crippen molar-refractivity contribution < 1.29 is 0 Å². The largest absolute Gasteiger partial charge is 0.210 e. The van der Waals surface area contributed by atoms with E-state index in [2.05, 4.69) is 93.7 Å². The summed E-state index contributed by atoms with van der Waals surface area (Å²) in [5.41, 5.74) is 5.75. The molecule has 0 amide bonds. The highest BCUT2D eigenvalue weighted by molar-refractivity contribution is 8.70. The fraction of sp³-hybridized carbons (Fsp3) is 1.00. The van der Waals surface area contributed by atoms with E-state index in [4.69, 9.17) is 0 Å². The fourth-order valence-electron chi connectivity index (χ4n) is 6.89. The van der Waals surface area contributed by atoms with Crippen molar-refractivity contribution in [1.82, 2.24) is 0 Å². The van der Waals surface area contributed by atoms with Gasteiger partial charge in [0.1, 0.15) is 13.5 Å². The molecule has 0 aromatic carbocycles. The fourth-order valence-corrected chi connectivity index (χ4v) is 112. The summed E-state index contributed by atoms with van der Waals surface area (Å²) < 4.78 is 0. The molecule has 1 saturated heterocycles. The lowest BCUT2D eigenvalue weighted by molar-refractivity contribution is 0.868. The third-order valence-corrected chi connectivity index (χ3v) is 78.3. The van der Waals surface area contributed by atoms with E-state index in [1.807, 2.05) is 0 Å². The molecule has 1 aliphatic heterocycles. The molecule has 1 rings (SSSR count). The zero-order valence-corrected chi connectivity index (χ0v) is 21.2. The second kappa shape index (κ2) is 6.72. The zero-order chi connectivity index (χ0) is 17.7. The van der Waals surface area contributed by atoms with Gasteiger partial charge in [-0.3, -0.25) is 0 Å². The van der Waals surface area contributed by atoms with E-state index in [1.54, 1.807) is 0 Å². The monoisotopic (exact) mass is 374 g/mol. The molecule has 0 unspecified atom stereocenters. The Labute approximate surface area is 147 Å². The Morgan fingerprint density at radius 3 is 0.773 bits per heavy atom. The van der Waals surface area contributed by atoms with Gasteiger partial charge in [-0.2, -0.15) is 0 Å². The van der Waals surface area contributed by atoms with Crippen LogP contribution in [0, 0.1) is 0 Å². The van der Waals surface area contributed by atoms with E-state index >= 15 is 0 Å². The van der Waals surface area contributed by atoms with Gasteiger partial charge in [0.2, 0.25) is 0 Å². The summed E-state index contributed by atoms with van der Waals surface area (Å²) in [4.78, 5) is 0. The van der Waals surface area contributed by atoms with Gasteiger partial charge < -0.3 is 0 Å². The van der Waals surface area contributed by atoms with Gasteiger partial charge in [0.25, 0.3) is 0 Å². The lowest BCUT2D eigenvalue weighted by Crippen LogP contribution is -2.91. The molecule has 4 heteroatoms. The van der Waals surface area contributed by atoms with Gasteiger partial charge >= 0.3 is 0 Å². The Hall–Kier alpha value is 1.00. The Morgan fingerprint density at radius 1 is 0.409 bits per heavy atom. The predicted octanol–water partition coefficient (Wildman–Crippen LogP) is 7.69. The molecule has 22 heavy (non-hydrogen) atoms. The first kappa shape index (κ1) is 21.0. The van der Waals surface area contributed by atoms with E-state index in [1.165, 1.54) is 0 Å². The first-order valence-electron chi connectivity index (χ1n) is 9.57. The molecule has 1 heterocycles. The highest BCUT2D eigenvalue weighted by Gasteiger charge is 2.82. The molecule has 0 bridgehead atoms. The normalized spacial score (nSPS) is 23.2. The Balaban J connectivity index is 3.76. The van der Waals surface area contributed by atoms with Crippen LogP contribution in [0.2, 0.25) is 33.2 Å². The smallest absolute Gasteiger partial charge is 0.106 e. The molecule has 0 aromatic rings. The molecule has 0 N–H and O–H groups in total. The van der Waals surface area contributed by atoms with Gasteiger partial charge in [0.05, 0.1) is 7.11 Å². The first-order chi connectivity index (χ1) is 9.87. The van der Waals surface area contributed by atoms with Crippen molar-refractivity contribution in [3.05, 3.63) is 0 Å². The SMILES string of the molecule is CC(C)[Si]1(C(C)C)S[Si](C(C)C)(C(C)C)[Si]1(C(C)C)C(C)C. The molecule has 0 radical (unpaired) electrons. The van der Waals surface area contributed by atoms with Crippen LogP contribution in [0.4, 0.5) is 0 Å². The molecule has 0 aromatic heterocycles. The molecule has 132 valence electrons. The minimum absolute atomic E-state index is 0.951. The van der Waals surface area contributed by atoms with Gasteiger partial charge in [-0.05, 0) is 22.2 Å². The van der Waals surface area contributed by atoms with Crippen LogP contribution in [-0.4, -0.2) is 20.6 Å². The highest BCUT2D eigenvalue weighted by atomic mass is 32.6. The Kier molecular flexibility index (Phi) is 6.43. The summed E-state index contributed by atoms with van der Waals surface area (Å²) in [6, 6.07) is 0. The van der Waals surface area contributed by atoms with Crippen molar-refractivity contribution in [2.45, 2.75) is 116 Å². The van der Waals surface area contributed by atoms with Crippen LogP contribution in [0.1, 0.15) is 83.1 Å². The van der Waals surface area contributed by atoms with Crippen molar-refractivity contribution in [1.29, 1.82) is 0 Å². The number of hydrogen-bond donors (Lipinski definition) is 0. The van der Waals surface area contributed by atoms with Crippen molar-refractivity contribution in [2.24, 2.45) is 0 Å². The standard InChI is InChI=1S/C18H42SSi3/c1-13(2)20(14(3)4)19-21(15(5)6,16(7)8)22(20,17(9)10)18(11)12/h13-18H,1-12H3. The molecule has 0 saturated carbocycles. The Bertz CT molecular complexity index is 334. The third-order valence-electron chi connectivity index (χ3n) is 6.88. The van der Waals surface area contributed by atoms with Crippen molar-refractivity contribution in [3.8, 4) is 0 Å². The topological polar surface area (TPSA) is 0 Å². The van der Waals surface area contributed by atoms with Crippen LogP contribution in [0.15, 0.2) is 0 Å². The number of hydrogen-bond acceptors (Lipinski definition) is 1. The minimum Gasteiger partial charge on any atom is -0.210 e. The van der Waals surface area contributed by atoms with E-state index < -0.39 is 20.6 Å². The molecular formula is C18H42SSi3. The second-order valence-corrected chi connectivity index (χ2v) is 41.6. The van der Waals surface area contributed by atoms with E-state index in [0.717, 1.165) is 33.2 Å². The summed E-state index contributed by atoms with van der Waals surface area (Å²) in [6.07, 6.45) is 0. The average molecular weight is 375 g/mol. The second-order valence-electron chi connectivity index (χ2n) is 9.49. The van der Waals surface area contributed by atoms with Crippen molar-refractivity contribution in [2.75, 3.05) is 0 Å². The lowest BCUT2D eigenvalue weighted by atomic mass is 10.5. The maximum Gasteiger partial charge on any atom is 0.106 e. The van der Waals surface area contributed by atoms with Gasteiger partial charge in [0, 0.05) is 0 Å². The molecule has 1 fully saturated rings. The molecule has 0 nitrogen and oxygen atoms in total. The van der Waals surface area contributed by atoms with E-state index in [-0.39, 0.29) is 0 Å². The Morgan fingerprint density at radius 2 is 0.636 bits per heavy atom. The lowest BCUT2D eigenvalue weighted by Gasteiger charge is -2.77. The third kappa shape index (κ3) is 2.26. The van der Waals surface area contributed by atoms with Crippen LogP contribution in [0.25, 0.3) is 0 Å². The summed E-state index contributed by atoms with van der Waals surface area (Å²) in [5, 5.41) is 0. The predicted molar refractivity (Wildman–Crippen MR) is 115 cm³/mol. The summed E-state index contributed by atoms with van der Waals surface area (Å²) >= 11 is 0. The van der Waals surface area contributed by atoms with Crippen LogP contribution in [0.5, 0.6) is 0 Å². The summed E-state index contributed by atoms with van der Waals surface area (Å²) in [6.45, 7) is 28.7. The van der Waals surface area contributed by atoms with Gasteiger partial charge in [-0.25, -0.2) is 10.7 Å². The highest BCUT2D eigenvalue weighted by Crippen LogP contribution is 2.75. The maximum atomic E-state index is 2.70.